The number of unbranched alkanes of at least 4 members (excludes halogenated alkanes) is 12. The largest absolute Gasteiger partial charge is 0.356 e. The van der Waals surface area contributed by atoms with Gasteiger partial charge in [-0.15, -0.1) is 0 Å². The predicted octanol–water partition coefficient (Wildman–Crippen LogP) is 8.10. The van der Waals surface area contributed by atoms with Crippen LogP contribution in [0.2, 0.25) is 0 Å². The third kappa shape index (κ3) is 9.74. The average Bonchev–Trinajstić information content (AvgIpc) is 3.13. The SMILES string of the molecule is CCCCCCCCCCCCCCCC1N(CC)C=CN1Cc1ccccc1. The molecule has 1 aromatic rings. The van der Waals surface area contributed by atoms with Crippen LogP contribution in [0.1, 0.15) is 109 Å². The Kier molecular flexibility index (Phi) is 12.7. The van der Waals surface area contributed by atoms with E-state index in [0.29, 0.717) is 6.17 Å². The highest BCUT2D eigenvalue weighted by molar-refractivity contribution is 5.15. The summed E-state index contributed by atoms with van der Waals surface area (Å²) in [4.78, 5) is 5.03. The van der Waals surface area contributed by atoms with Gasteiger partial charge in [0, 0.05) is 25.5 Å². The first-order valence-corrected chi connectivity index (χ1v) is 12.6. The summed E-state index contributed by atoms with van der Waals surface area (Å²) in [6.45, 7) is 6.69. The van der Waals surface area contributed by atoms with E-state index in [2.05, 4.69) is 66.4 Å². The molecule has 0 radical (unpaired) electrons. The lowest BCUT2D eigenvalue weighted by Gasteiger charge is -2.32. The standard InChI is InChI=1S/C27H46N2/c1-3-5-6-7-8-9-10-11-12-13-14-15-19-22-27-28(4-2)23-24-29(27)25-26-20-17-16-18-21-26/h16-18,20-21,23-24,27H,3-15,19,22,25H2,1-2H3. The smallest absolute Gasteiger partial charge is 0.101 e. The Morgan fingerprint density at radius 2 is 1.14 bits per heavy atom. The van der Waals surface area contributed by atoms with Crippen molar-refractivity contribution in [2.75, 3.05) is 6.54 Å². The second-order valence-corrected chi connectivity index (χ2v) is 8.80. The first-order chi connectivity index (χ1) is 14.3. The van der Waals surface area contributed by atoms with E-state index in [0.717, 1.165) is 13.1 Å². The maximum atomic E-state index is 2.53. The fraction of sp³-hybridized carbons (Fsp3) is 0.704. The van der Waals surface area contributed by atoms with Gasteiger partial charge in [0.15, 0.2) is 0 Å². The minimum absolute atomic E-state index is 0.549. The van der Waals surface area contributed by atoms with Gasteiger partial charge in [-0.3, -0.25) is 0 Å². The molecule has 2 heteroatoms. The summed E-state index contributed by atoms with van der Waals surface area (Å²) in [6.07, 6.45) is 25.0. The van der Waals surface area contributed by atoms with Crippen molar-refractivity contribution in [3.63, 3.8) is 0 Å². The first-order valence-electron chi connectivity index (χ1n) is 12.6. The summed E-state index contributed by atoms with van der Waals surface area (Å²) in [5.41, 5.74) is 1.41. The second kappa shape index (κ2) is 15.4. The average molecular weight is 399 g/mol. The van der Waals surface area contributed by atoms with Gasteiger partial charge in [0.2, 0.25) is 0 Å². The molecule has 2 nitrogen and oxygen atoms in total. The molecule has 1 atom stereocenters. The van der Waals surface area contributed by atoms with Crippen LogP contribution in [0.25, 0.3) is 0 Å². The van der Waals surface area contributed by atoms with Gasteiger partial charge in [-0.2, -0.15) is 0 Å². The summed E-state index contributed by atoms with van der Waals surface area (Å²) in [6, 6.07) is 10.9. The molecule has 0 amide bonds. The molecule has 1 aliphatic rings. The maximum Gasteiger partial charge on any atom is 0.101 e. The van der Waals surface area contributed by atoms with Crippen LogP contribution >= 0.6 is 0 Å². The lowest BCUT2D eigenvalue weighted by atomic mass is 10.0. The van der Waals surface area contributed by atoms with Crippen LogP contribution in [-0.4, -0.2) is 22.5 Å². The van der Waals surface area contributed by atoms with Crippen LogP contribution in [0.3, 0.4) is 0 Å². The molecule has 0 saturated heterocycles. The Bertz CT molecular complexity index is 525. The molecule has 1 heterocycles. The zero-order valence-corrected chi connectivity index (χ0v) is 19.3. The van der Waals surface area contributed by atoms with Crippen molar-refractivity contribution in [2.24, 2.45) is 0 Å². The highest BCUT2D eigenvalue weighted by Gasteiger charge is 2.24. The molecule has 164 valence electrons. The molecule has 0 saturated carbocycles. The van der Waals surface area contributed by atoms with Crippen LogP contribution in [-0.2, 0) is 6.54 Å². The highest BCUT2D eigenvalue weighted by atomic mass is 15.4. The van der Waals surface area contributed by atoms with Gasteiger partial charge in [-0.1, -0.05) is 114 Å². The van der Waals surface area contributed by atoms with E-state index in [1.54, 1.807) is 0 Å². The number of hydrogen-bond donors (Lipinski definition) is 0. The van der Waals surface area contributed by atoms with Crippen LogP contribution < -0.4 is 0 Å². The van der Waals surface area contributed by atoms with E-state index in [1.807, 2.05) is 0 Å². The Morgan fingerprint density at radius 1 is 0.621 bits per heavy atom. The maximum absolute atomic E-state index is 2.53. The monoisotopic (exact) mass is 398 g/mol. The van der Waals surface area contributed by atoms with Crippen molar-refractivity contribution in [3.8, 4) is 0 Å². The molecule has 0 spiro atoms. The van der Waals surface area contributed by atoms with Crippen molar-refractivity contribution in [1.82, 2.24) is 9.80 Å². The zero-order chi connectivity index (χ0) is 20.6. The summed E-state index contributed by atoms with van der Waals surface area (Å²) >= 11 is 0. The minimum Gasteiger partial charge on any atom is -0.356 e. The van der Waals surface area contributed by atoms with Gasteiger partial charge in [-0.05, 0) is 25.3 Å². The van der Waals surface area contributed by atoms with E-state index in [9.17, 15) is 0 Å². The number of rotatable bonds is 17. The lowest BCUT2D eigenvalue weighted by Crippen LogP contribution is -2.38. The number of hydrogen-bond acceptors (Lipinski definition) is 2. The van der Waals surface area contributed by atoms with Crippen molar-refractivity contribution in [1.29, 1.82) is 0 Å². The highest BCUT2D eigenvalue weighted by Crippen LogP contribution is 2.23. The topological polar surface area (TPSA) is 6.48 Å². The normalized spacial score (nSPS) is 16.1. The van der Waals surface area contributed by atoms with Gasteiger partial charge in [0.05, 0.1) is 0 Å². The van der Waals surface area contributed by atoms with Crippen LogP contribution in [0, 0.1) is 0 Å². The van der Waals surface area contributed by atoms with Crippen LogP contribution in [0.4, 0.5) is 0 Å². The molecule has 0 aromatic heterocycles. The van der Waals surface area contributed by atoms with Crippen molar-refractivity contribution >= 4 is 0 Å². The van der Waals surface area contributed by atoms with E-state index in [1.165, 1.54) is 95.5 Å². The Hall–Kier alpha value is -1.44. The Labute approximate surface area is 181 Å². The number of nitrogens with zero attached hydrogens (tertiary/aromatic N) is 2. The molecule has 1 aliphatic heterocycles. The number of benzene rings is 1. The third-order valence-corrected chi connectivity index (χ3v) is 6.35. The van der Waals surface area contributed by atoms with Crippen LogP contribution in [0.5, 0.6) is 0 Å². The summed E-state index contributed by atoms with van der Waals surface area (Å²) < 4.78 is 0. The Balaban J connectivity index is 1.51. The van der Waals surface area contributed by atoms with E-state index < -0.39 is 0 Å². The molecular weight excluding hydrogens is 352 g/mol. The van der Waals surface area contributed by atoms with Gasteiger partial charge < -0.3 is 9.80 Å². The molecule has 1 unspecified atom stereocenters. The molecule has 1 aromatic carbocycles. The summed E-state index contributed by atoms with van der Waals surface area (Å²) in [7, 11) is 0. The van der Waals surface area contributed by atoms with Gasteiger partial charge in [0.25, 0.3) is 0 Å². The van der Waals surface area contributed by atoms with Gasteiger partial charge >= 0.3 is 0 Å². The molecule has 2 rings (SSSR count). The van der Waals surface area contributed by atoms with Crippen molar-refractivity contribution < 1.29 is 0 Å². The molecule has 0 bridgehead atoms. The van der Waals surface area contributed by atoms with Crippen molar-refractivity contribution in [3.05, 3.63) is 48.3 Å². The molecule has 0 fully saturated rings. The predicted molar refractivity (Wildman–Crippen MR) is 128 cm³/mol. The fourth-order valence-electron chi connectivity index (χ4n) is 4.51. The molecule has 29 heavy (non-hydrogen) atoms. The van der Waals surface area contributed by atoms with Crippen LogP contribution in [0.15, 0.2) is 42.7 Å². The van der Waals surface area contributed by atoms with Gasteiger partial charge in [-0.25, -0.2) is 0 Å². The van der Waals surface area contributed by atoms with Crippen molar-refractivity contribution in [2.45, 2.75) is 116 Å². The third-order valence-electron chi connectivity index (χ3n) is 6.35. The first kappa shape index (κ1) is 23.8. The fourth-order valence-corrected chi connectivity index (χ4v) is 4.51. The second-order valence-electron chi connectivity index (χ2n) is 8.80. The lowest BCUT2D eigenvalue weighted by molar-refractivity contribution is 0.139. The molecule has 0 N–H and O–H groups in total. The van der Waals surface area contributed by atoms with Gasteiger partial charge in [0.1, 0.15) is 6.17 Å². The quantitative estimate of drug-likeness (QED) is 0.244. The summed E-state index contributed by atoms with van der Waals surface area (Å²) in [5.74, 6) is 0. The molecule has 0 aliphatic carbocycles. The van der Waals surface area contributed by atoms with E-state index >= 15 is 0 Å². The summed E-state index contributed by atoms with van der Waals surface area (Å²) in [5, 5.41) is 0. The minimum atomic E-state index is 0.549. The zero-order valence-electron chi connectivity index (χ0n) is 19.3. The van der Waals surface area contributed by atoms with E-state index in [-0.39, 0.29) is 0 Å². The Morgan fingerprint density at radius 3 is 1.69 bits per heavy atom. The van der Waals surface area contributed by atoms with E-state index in [4.69, 9.17) is 0 Å². The molecular formula is C27H46N2.